The first-order chi connectivity index (χ1) is 8.47. The molecule has 18 heavy (non-hydrogen) atoms. The van der Waals surface area contributed by atoms with Gasteiger partial charge in [-0.05, 0) is 32.2 Å². The van der Waals surface area contributed by atoms with Gasteiger partial charge in [0.05, 0.1) is 6.04 Å². The molecule has 100 valence electrons. The Balaban J connectivity index is 2.82. The molecular weight excluding hydrogens is 238 g/mol. The normalized spacial score (nSPS) is 12.3. The number of carbonyl (C=O) groups is 1. The number of carbonyl (C=O) groups excluding carboxylic acids is 1. The predicted molar refractivity (Wildman–Crippen MR) is 66.1 cm³/mol. The summed E-state index contributed by atoms with van der Waals surface area (Å²) in [6, 6.07) is 2.77. The van der Waals surface area contributed by atoms with Crippen molar-refractivity contribution in [3.05, 3.63) is 35.4 Å². The fourth-order valence-electron chi connectivity index (χ4n) is 1.67. The van der Waals surface area contributed by atoms with E-state index >= 15 is 0 Å². The van der Waals surface area contributed by atoms with Crippen LogP contribution in [0.4, 0.5) is 8.78 Å². The highest BCUT2D eigenvalue weighted by molar-refractivity contribution is 5.76. The van der Waals surface area contributed by atoms with Crippen LogP contribution in [-0.4, -0.2) is 31.4 Å². The molecule has 1 aromatic rings. The van der Waals surface area contributed by atoms with Gasteiger partial charge in [0.25, 0.3) is 0 Å². The molecule has 1 rings (SSSR count). The van der Waals surface area contributed by atoms with Crippen LogP contribution in [0.3, 0.4) is 0 Å². The predicted octanol–water partition coefficient (Wildman–Crippen LogP) is 2.09. The maximum Gasteiger partial charge on any atom is 0.224 e. The maximum atomic E-state index is 13.6. The number of nitrogens with zero attached hydrogens (tertiary/aromatic N) is 1. The van der Waals surface area contributed by atoms with Crippen LogP contribution in [0, 0.1) is 11.6 Å². The molecule has 1 N–H and O–H groups in total. The molecular formula is C13H18F2N2O. The van der Waals surface area contributed by atoms with Gasteiger partial charge in [0.15, 0.2) is 0 Å². The highest BCUT2D eigenvalue weighted by Gasteiger charge is 2.20. The lowest BCUT2D eigenvalue weighted by molar-refractivity contribution is -0.131. The average Bonchev–Trinajstić information content (AvgIpc) is 2.37. The lowest BCUT2D eigenvalue weighted by Crippen LogP contribution is -2.32. The summed E-state index contributed by atoms with van der Waals surface area (Å²) in [5.74, 6) is -1.12. The van der Waals surface area contributed by atoms with E-state index in [1.807, 2.05) is 0 Å². The molecule has 1 aromatic carbocycles. The van der Waals surface area contributed by atoms with Gasteiger partial charge in [-0.1, -0.05) is 0 Å². The van der Waals surface area contributed by atoms with E-state index in [9.17, 15) is 13.6 Å². The summed E-state index contributed by atoms with van der Waals surface area (Å²) < 4.78 is 26.7. The Morgan fingerprint density at radius 3 is 2.72 bits per heavy atom. The lowest BCUT2D eigenvalue weighted by Gasteiger charge is -2.25. The lowest BCUT2D eigenvalue weighted by atomic mass is 10.1. The van der Waals surface area contributed by atoms with Gasteiger partial charge < -0.3 is 10.2 Å². The molecule has 3 nitrogen and oxygen atoms in total. The molecule has 1 unspecified atom stereocenters. The molecule has 0 aliphatic rings. The molecule has 0 aliphatic carbocycles. The number of nitrogens with one attached hydrogen (secondary N) is 1. The van der Waals surface area contributed by atoms with Crippen molar-refractivity contribution in [3.8, 4) is 0 Å². The first-order valence-electron chi connectivity index (χ1n) is 5.82. The summed E-state index contributed by atoms with van der Waals surface area (Å²) in [6.07, 6.45) is 0.328. The summed E-state index contributed by atoms with van der Waals surface area (Å²) in [5.41, 5.74) is 0.190. The smallest absolute Gasteiger partial charge is 0.224 e. The molecule has 0 bridgehead atoms. The van der Waals surface area contributed by atoms with Crippen LogP contribution >= 0.6 is 0 Å². The van der Waals surface area contributed by atoms with Crippen molar-refractivity contribution >= 4 is 5.91 Å². The van der Waals surface area contributed by atoms with Gasteiger partial charge in [-0.3, -0.25) is 4.79 Å². The minimum atomic E-state index is -0.505. The Kier molecular flexibility index (Phi) is 5.22. The first-order valence-corrected chi connectivity index (χ1v) is 5.82. The van der Waals surface area contributed by atoms with E-state index in [1.165, 1.54) is 4.90 Å². The van der Waals surface area contributed by atoms with Crippen LogP contribution in [-0.2, 0) is 4.79 Å². The van der Waals surface area contributed by atoms with E-state index < -0.39 is 17.7 Å². The van der Waals surface area contributed by atoms with E-state index in [-0.39, 0.29) is 11.5 Å². The number of amides is 1. The van der Waals surface area contributed by atoms with Crippen LogP contribution in [0.25, 0.3) is 0 Å². The zero-order valence-corrected chi connectivity index (χ0v) is 10.8. The van der Waals surface area contributed by atoms with Crippen molar-refractivity contribution in [3.63, 3.8) is 0 Å². The molecule has 0 spiro atoms. The van der Waals surface area contributed by atoms with Gasteiger partial charge in [0.1, 0.15) is 11.6 Å². The summed E-state index contributed by atoms with van der Waals surface area (Å²) in [6.45, 7) is 2.23. The van der Waals surface area contributed by atoms with Crippen molar-refractivity contribution in [1.29, 1.82) is 0 Å². The van der Waals surface area contributed by atoms with Crippen LogP contribution in [0.2, 0.25) is 0 Å². The molecule has 1 amide bonds. The van der Waals surface area contributed by atoms with Gasteiger partial charge in [0.2, 0.25) is 5.91 Å². The van der Waals surface area contributed by atoms with Crippen molar-refractivity contribution in [2.75, 3.05) is 20.6 Å². The largest absolute Gasteiger partial charge is 0.339 e. The van der Waals surface area contributed by atoms with Crippen LogP contribution in [0.5, 0.6) is 0 Å². The van der Waals surface area contributed by atoms with E-state index in [0.717, 1.165) is 18.2 Å². The maximum absolute atomic E-state index is 13.6. The molecule has 0 fully saturated rings. The van der Waals surface area contributed by atoms with E-state index in [0.29, 0.717) is 13.0 Å². The van der Waals surface area contributed by atoms with Gasteiger partial charge in [-0.2, -0.15) is 0 Å². The molecule has 1 atom stereocenters. The Hall–Kier alpha value is -1.49. The van der Waals surface area contributed by atoms with Crippen molar-refractivity contribution < 1.29 is 13.6 Å². The third-order valence-electron chi connectivity index (χ3n) is 2.97. The molecule has 0 heterocycles. The zero-order valence-electron chi connectivity index (χ0n) is 10.8. The second-order valence-electron chi connectivity index (χ2n) is 4.20. The summed E-state index contributed by atoms with van der Waals surface area (Å²) in [4.78, 5) is 13.2. The van der Waals surface area contributed by atoms with Crippen molar-refractivity contribution in [1.82, 2.24) is 10.2 Å². The minimum Gasteiger partial charge on any atom is -0.339 e. The highest BCUT2D eigenvalue weighted by Crippen LogP contribution is 2.23. The second kappa shape index (κ2) is 6.44. The highest BCUT2D eigenvalue weighted by atomic mass is 19.1. The Bertz CT molecular complexity index is 423. The van der Waals surface area contributed by atoms with Crippen LogP contribution < -0.4 is 5.32 Å². The minimum absolute atomic E-state index is 0.111. The van der Waals surface area contributed by atoms with E-state index in [1.54, 1.807) is 21.0 Å². The van der Waals surface area contributed by atoms with Crippen LogP contribution in [0.15, 0.2) is 18.2 Å². The third kappa shape index (κ3) is 3.50. The van der Waals surface area contributed by atoms with E-state index in [4.69, 9.17) is 0 Å². The molecule has 0 radical (unpaired) electrons. The first kappa shape index (κ1) is 14.6. The number of halogens is 2. The number of benzene rings is 1. The fourth-order valence-corrected chi connectivity index (χ4v) is 1.67. The quantitative estimate of drug-likeness (QED) is 0.875. The van der Waals surface area contributed by atoms with Crippen LogP contribution in [0.1, 0.15) is 24.9 Å². The topological polar surface area (TPSA) is 32.3 Å². The number of hydrogen-bond acceptors (Lipinski definition) is 2. The summed E-state index contributed by atoms with van der Waals surface area (Å²) >= 11 is 0. The zero-order chi connectivity index (χ0) is 13.7. The number of hydrogen-bond donors (Lipinski definition) is 1. The van der Waals surface area contributed by atoms with Gasteiger partial charge in [-0.15, -0.1) is 0 Å². The standard InChI is InChI=1S/C13H18F2N2O/c1-9(17(3)13(18)6-7-16-2)11-8-10(14)4-5-12(11)15/h4-5,8-9,16H,6-7H2,1-3H3. The SMILES string of the molecule is CNCCC(=O)N(C)C(C)c1cc(F)ccc1F. The molecule has 0 aliphatic heterocycles. The Labute approximate surface area is 106 Å². The van der Waals surface area contributed by atoms with Gasteiger partial charge in [-0.25, -0.2) is 8.78 Å². The fraction of sp³-hybridized carbons (Fsp3) is 0.462. The summed E-state index contributed by atoms with van der Waals surface area (Å²) in [7, 11) is 3.34. The molecule has 0 saturated heterocycles. The van der Waals surface area contributed by atoms with Gasteiger partial charge in [0, 0.05) is 25.6 Å². The Morgan fingerprint density at radius 2 is 2.11 bits per heavy atom. The van der Waals surface area contributed by atoms with Crippen molar-refractivity contribution in [2.24, 2.45) is 0 Å². The van der Waals surface area contributed by atoms with E-state index in [2.05, 4.69) is 5.32 Å². The molecule has 0 saturated carbocycles. The van der Waals surface area contributed by atoms with Gasteiger partial charge >= 0.3 is 0 Å². The van der Waals surface area contributed by atoms with Crippen molar-refractivity contribution in [2.45, 2.75) is 19.4 Å². The second-order valence-corrected chi connectivity index (χ2v) is 4.20. The monoisotopic (exact) mass is 256 g/mol. The Morgan fingerprint density at radius 1 is 1.44 bits per heavy atom. The average molecular weight is 256 g/mol. The summed E-state index contributed by atoms with van der Waals surface area (Å²) in [5, 5.41) is 2.87. The molecule has 0 aromatic heterocycles. The molecule has 5 heteroatoms. The third-order valence-corrected chi connectivity index (χ3v) is 2.97. The number of rotatable bonds is 5.